The fraction of sp³-hybridized carbons (Fsp3) is 0.533. The van der Waals surface area contributed by atoms with Crippen LogP contribution in [0.15, 0.2) is 48.5 Å². The van der Waals surface area contributed by atoms with E-state index in [1.807, 2.05) is 48.5 Å². The predicted molar refractivity (Wildman–Crippen MR) is 144 cm³/mol. The van der Waals surface area contributed by atoms with Gasteiger partial charge < -0.3 is 19.3 Å². The highest BCUT2D eigenvalue weighted by Crippen LogP contribution is 2.38. The van der Waals surface area contributed by atoms with Crippen LogP contribution in [0.4, 0.5) is 10.5 Å². The van der Waals surface area contributed by atoms with Crippen molar-refractivity contribution in [2.75, 3.05) is 18.5 Å². The molecule has 7 heteroatoms. The van der Waals surface area contributed by atoms with Gasteiger partial charge in [-0.1, -0.05) is 45.0 Å². The average Bonchev–Trinajstić information content (AvgIpc) is 2.85. The topological polar surface area (TPSA) is 94.1 Å². The summed E-state index contributed by atoms with van der Waals surface area (Å²) < 4.78 is 16.8. The maximum atomic E-state index is 12.3. The van der Waals surface area contributed by atoms with E-state index >= 15 is 0 Å². The Bertz CT molecular complexity index is 988. The molecule has 0 heterocycles. The number of carboxylic acid groups (broad SMARTS) is 1. The van der Waals surface area contributed by atoms with Gasteiger partial charge in [0.25, 0.3) is 0 Å². The molecule has 37 heavy (non-hydrogen) atoms. The monoisotopic (exact) mass is 511 g/mol. The Kier molecular flexibility index (Phi) is 10.4. The first-order chi connectivity index (χ1) is 17.6. The minimum atomic E-state index is -0.959. The van der Waals surface area contributed by atoms with Crippen LogP contribution in [0, 0.1) is 11.3 Å². The number of aliphatic carboxylic acids is 1. The Hall–Kier alpha value is -3.06. The van der Waals surface area contributed by atoms with E-state index in [4.69, 9.17) is 14.2 Å². The van der Waals surface area contributed by atoms with Gasteiger partial charge in [-0.15, -0.1) is 0 Å². The summed E-state index contributed by atoms with van der Waals surface area (Å²) in [6.45, 7) is 9.49. The van der Waals surface area contributed by atoms with Gasteiger partial charge in [0, 0.05) is 25.1 Å². The summed E-state index contributed by atoms with van der Waals surface area (Å²) in [5, 5.41) is 12.1. The van der Waals surface area contributed by atoms with E-state index in [0.29, 0.717) is 36.7 Å². The van der Waals surface area contributed by atoms with Crippen LogP contribution in [-0.2, 0) is 27.1 Å². The summed E-state index contributed by atoms with van der Waals surface area (Å²) >= 11 is 0. The van der Waals surface area contributed by atoms with E-state index in [9.17, 15) is 14.7 Å². The summed E-state index contributed by atoms with van der Waals surface area (Å²) in [4.78, 5) is 23.6. The molecule has 1 saturated carbocycles. The van der Waals surface area contributed by atoms with Gasteiger partial charge in [-0.05, 0) is 79.3 Å². The molecular formula is C30H41NO6. The van der Waals surface area contributed by atoms with Gasteiger partial charge in [0.1, 0.15) is 11.9 Å². The number of anilines is 1. The van der Waals surface area contributed by atoms with Crippen molar-refractivity contribution in [2.45, 2.75) is 78.4 Å². The zero-order chi connectivity index (χ0) is 26.8. The first-order valence-electron chi connectivity index (χ1n) is 13.3. The van der Waals surface area contributed by atoms with Crippen LogP contribution >= 0.6 is 0 Å². The van der Waals surface area contributed by atoms with E-state index in [2.05, 4.69) is 26.1 Å². The van der Waals surface area contributed by atoms with E-state index in [0.717, 1.165) is 49.0 Å². The average molecular weight is 512 g/mol. The smallest absolute Gasteiger partial charge is 0.411 e. The van der Waals surface area contributed by atoms with Crippen molar-refractivity contribution in [1.82, 2.24) is 0 Å². The molecule has 1 aliphatic rings. The van der Waals surface area contributed by atoms with Crippen LogP contribution in [-0.4, -0.2) is 42.6 Å². The molecule has 0 aromatic heterocycles. The van der Waals surface area contributed by atoms with Gasteiger partial charge in [0.05, 0.1) is 6.61 Å². The molecule has 7 nitrogen and oxygen atoms in total. The first kappa shape index (κ1) is 28.5. The van der Waals surface area contributed by atoms with Crippen molar-refractivity contribution in [3.63, 3.8) is 0 Å². The quantitative estimate of drug-likeness (QED) is 0.358. The Morgan fingerprint density at radius 2 is 1.59 bits per heavy atom. The van der Waals surface area contributed by atoms with Crippen molar-refractivity contribution < 1.29 is 28.9 Å². The molecule has 3 rings (SSSR count). The van der Waals surface area contributed by atoms with E-state index in [-0.39, 0.29) is 6.10 Å². The minimum Gasteiger partial charge on any atom is -0.493 e. The lowest BCUT2D eigenvalue weighted by Gasteiger charge is -2.36. The highest BCUT2D eigenvalue weighted by molar-refractivity contribution is 5.84. The van der Waals surface area contributed by atoms with E-state index < -0.39 is 18.2 Å². The Morgan fingerprint density at radius 1 is 0.973 bits per heavy atom. The normalized spacial score (nSPS) is 18.6. The number of hydrogen-bond donors (Lipinski definition) is 2. The van der Waals surface area contributed by atoms with Crippen LogP contribution in [0.25, 0.3) is 0 Å². The minimum absolute atomic E-state index is 0.00707. The summed E-state index contributed by atoms with van der Waals surface area (Å²) in [6.07, 6.45) is 3.83. The molecule has 1 amide bonds. The Balaban J connectivity index is 1.37. The Morgan fingerprint density at radius 3 is 2.16 bits per heavy atom. The number of hydrogen-bond acceptors (Lipinski definition) is 5. The number of nitrogens with one attached hydrogen (secondary N) is 1. The Labute approximate surface area is 220 Å². The number of ether oxygens (including phenoxy) is 3. The van der Waals surface area contributed by atoms with Gasteiger partial charge in [0.15, 0.2) is 6.10 Å². The van der Waals surface area contributed by atoms with Crippen molar-refractivity contribution in [3.8, 4) is 5.75 Å². The molecule has 0 aliphatic heterocycles. The number of carboxylic acids is 1. The fourth-order valence-electron chi connectivity index (χ4n) is 4.74. The number of carbonyl (C=O) groups excluding carboxylic acids is 1. The molecule has 0 radical (unpaired) electrons. The standard InChI is InChI=1S/C30H41NO6/c1-5-35-27(28(32)33)20-22-8-14-25(15-9-22)36-19-18-21-6-12-24(13-7-21)31-29(34)37-26-16-10-23(11-17-26)30(2,3)4/h6-9,12-15,23,26-27H,5,10-11,16-20H2,1-4H3,(H,31,34)(H,32,33). The van der Waals surface area contributed by atoms with Crippen molar-refractivity contribution in [3.05, 3.63) is 59.7 Å². The third-order valence-electron chi connectivity index (χ3n) is 7.02. The molecule has 0 spiro atoms. The third-order valence-corrected chi connectivity index (χ3v) is 7.02. The van der Waals surface area contributed by atoms with Crippen molar-refractivity contribution in [2.24, 2.45) is 11.3 Å². The van der Waals surface area contributed by atoms with Crippen LogP contribution in [0.1, 0.15) is 64.5 Å². The molecular weight excluding hydrogens is 470 g/mol. The van der Waals surface area contributed by atoms with Crippen LogP contribution < -0.4 is 10.1 Å². The summed E-state index contributed by atoms with van der Waals surface area (Å²) in [5.41, 5.74) is 2.99. The van der Waals surface area contributed by atoms with Gasteiger partial charge in [0.2, 0.25) is 0 Å². The molecule has 1 fully saturated rings. The van der Waals surface area contributed by atoms with Crippen molar-refractivity contribution >= 4 is 17.7 Å². The van der Waals surface area contributed by atoms with Gasteiger partial charge in [-0.25, -0.2) is 9.59 Å². The second-order valence-electron chi connectivity index (χ2n) is 10.8. The van der Waals surface area contributed by atoms with Gasteiger partial charge in [-0.2, -0.15) is 0 Å². The predicted octanol–water partition coefficient (Wildman–Crippen LogP) is 6.49. The molecule has 1 aliphatic carbocycles. The first-order valence-corrected chi connectivity index (χ1v) is 13.3. The zero-order valence-electron chi connectivity index (χ0n) is 22.5. The van der Waals surface area contributed by atoms with E-state index in [1.165, 1.54) is 0 Å². The highest BCUT2D eigenvalue weighted by atomic mass is 16.6. The second-order valence-corrected chi connectivity index (χ2v) is 10.8. The third kappa shape index (κ3) is 9.39. The van der Waals surface area contributed by atoms with E-state index in [1.54, 1.807) is 6.92 Å². The molecule has 0 bridgehead atoms. The molecule has 2 N–H and O–H groups in total. The molecule has 1 atom stereocenters. The maximum Gasteiger partial charge on any atom is 0.411 e. The summed E-state index contributed by atoms with van der Waals surface area (Å²) in [7, 11) is 0. The summed E-state index contributed by atoms with van der Waals surface area (Å²) in [5.74, 6) is 0.451. The number of amides is 1. The lowest BCUT2D eigenvalue weighted by atomic mass is 9.72. The number of carbonyl (C=O) groups is 2. The SMILES string of the molecule is CCOC(Cc1ccc(OCCc2ccc(NC(=O)OC3CCC(C(C)(C)C)CC3)cc2)cc1)C(=O)O. The lowest BCUT2D eigenvalue weighted by molar-refractivity contribution is -0.149. The second kappa shape index (κ2) is 13.5. The molecule has 1 unspecified atom stereocenters. The lowest BCUT2D eigenvalue weighted by Crippen LogP contribution is -2.31. The fourth-order valence-corrected chi connectivity index (χ4v) is 4.74. The maximum absolute atomic E-state index is 12.3. The van der Waals surface area contributed by atoms with Gasteiger partial charge in [-0.3, -0.25) is 5.32 Å². The van der Waals surface area contributed by atoms with Crippen LogP contribution in [0.3, 0.4) is 0 Å². The summed E-state index contributed by atoms with van der Waals surface area (Å²) in [6, 6.07) is 15.1. The molecule has 0 saturated heterocycles. The number of benzene rings is 2. The zero-order valence-corrected chi connectivity index (χ0v) is 22.5. The van der Waals surface area contributed by atoms with Crippen molar-refractivity contribution in [1.29, 1.82) is 0 Å². The highest BCUT2D eigenvalue weighted by Gasteiger charge is 2.31. The molecule has 2 aromatic rings. The number of rotatable bonds is 11. The molecule has 202 valence electrons. The molecule has 2 aromatic carbocycles. The largest absolute Gasteiger partial charge is 0.493 e. The van der Waals surface area contributed by atoms with Gasteiger partial charge >= 0.3 is 12.1 Å². The van der Waals surface area contributed by atoms with Crippen LogP contribution in [0.5, 0.6) is 5.75 Å². The van der Waals surface area contributed by atoms with Crippen LogP contribution in [0.2, 0.25) is 0 Å².